The number of rotatable bonds is 2. The molecule has 0 bridgehead atoms. The molecule has 3 rings (SSSR count). The molecule has 4 heteroatoms. The Kier molecular flexibility index (Phi) is 2.66. The van der Waals surface area contributed by atoms with Crippen molar-refractivity contribution in [3.05, 3.63) is 41.7 Å². The van der Waals surface area contributed by atoms with Crippen molar-refractivity contribution >= 4 is 0 Å². The molecule has 1 aromatic heterocycles. The summed E-state index contributed by atoms with van der Waals surface area (Å²) in [5.74, 6) is 0.916. The van der Waals surface area contributed by atoms with Crippen molar-refractivity contribution in [2.24, 2.45) is 5.73 Å². The fourth-order valence-electron chi connectivity index (χ4n) is 2.41. The number of H-pyrrole nitrogens is 1. The summed E-state index contributed by atoms with van der Waals surface area (Å²) in [5, 5.41) is 0. The van der Waals surface area contributed by atoms with Gasteiger partial charge in [0.05, 0.1) is 12.7 Å². The lowest BCUT2D eigenvalue weighted by Crippen LogP contribution is -2.23. The van der Waals surface area contributed by atoms with Crippen LogP contribution in [-0.2, 0) is 11.2 Å². The summed E-state index contributed by atoms with van der Waals surface area (Å²) >= 11 is 0. The molecule has 1 aromatic carbocycles. The zero-order chi connectivity index (χ0) is 11.7. The Balaban J connectivity index is 2.12. The van der Waals surface area contributed by atoms with Crippen molar-refractivity contribution in [1.82, 2.24) is 9.97 Å². The third-order valence-corrected chi connectivity index (χ3v) is 3.20. The highest BCUT2D eigenvalue weighted by Crippen LogP contribution is 2.32. The predicted molar refractivity (Wildman–Crippen MR) is 65.5 cm³/mol. The number of hydrogen-bond acceptors (Lipinski definition) is 3. The number of ether oxygens (including phenoxy) is 1. The average molecular weight is 229 g/mol. The minimum absolute atomic E-state index is 0.0219. The molecule has 4 nitrogen and oxygen atoms in total. The Morgan fingerprint density at radius 1 is 1.47 bits per heavy atom. The van der Waals surface area contributed by atoms with Crippen LogP contribution in [0.1, 0.15) is 17.2 Å². The summed E-state index contributed by atoms with van der Waals surface area (Å²) in [6.07, 6.45) is 4.56. The van der Waals surface area contributed by atoms with Crippen LogP contribution in [0.4, 0.5) is 0 Å². The van der Waals surface area contributed by atoms with E-state index in [2.05, 4.69) is 22.1 Å². The third-order valence-electron chi connectivity index (χ3n) is 3.20. The van der Waals surface area contributed by atoms with Gasteiger partial charge in [0.2, 0.25) is 0 Å². The molecule has 0 saturated heterocycles. The molecule has 1 atom stereocenters. The normalized spacial score (nSPS) is 19.0. The monoisotopic (exact) mass is 229 g/mol. The molecule has 0 radical (unpaired) electrons. The number of fused-ring (bicyclic) bond motifs is 1. The van der Waals surface area contributed by atoms with Crippen molar-refractivity contribution in [2.75, 3.05) is 13.2 Å². The van der Waals surface area contributed by atoms with Gasteiger partial charge in [-0.2, -0.15) is 0 Å². The fraction of sp³-hybridized carbons (Fsp3) is 0.308. The highest BCUT2D eigenvalue weighted by atomic mass is 16.5. The molecule has 1 aliphatic rings. The first-order chi connectivity index (χ1) is 8.40. The highest BCUT2D eigenvalue weighted by Gasteiger charge is 2.22. The van der Waals surface area contributed by atoms with Crippen LogP contribution >= 0.6 is 0 Å². The zero-order valence-corrected chi connectivity index (χ0v) is 9.52. The SMILES string of the molecule is NC[C@@H]1OCCc2c(-c3ncc[nH]3)cccc21. The second-order valence-electron chi connectivity index (χ2n) is 4.16. The van der Waals surface area contributed by atoms with E-state index in [1.165, 1.54) is 11.1 Å². The van der Waals surface area contributed by atoms with Gasteiger partial charge in [0.25, 0.3) is 0 Å². The molecule has 1 aliphatic heterocycles. The topological polar surface area (TPSA) is 63.9 Å². The van der Waals surface area contributed by atoms with E-state index in [4.69, 9.17) is 10.5 Å². The Hall–Kier alpha value is -1.65. The summed E-state index contributed by atoms with van der Waals surface area (Å²) in [6.45, 7) is 1.25. The number of benzene rings is 1. The molecule has 2 aromatic rings. The highest BCUT2D eigenvalue weighted by molar-refractivity contribution is 5.63. The number of nitrogens with two attached hydrogens (primary N) is 1. The summed E-state index contributed by atoms with van der Waals surface area (Å²) in [5.41, 5.74) is 9.41. The van der Waals surface area contributed by atoms with Gasteiger partial charge >= 0.3 is 0 Å². The van der Waals surface area contributed by atoms with Gasteiger partial charge in [0.1, 0.15) is 5.82 Å². The predicted octanol–water partition coefficient (Wildman–Crippen LogP) is 1.65. The molecule has 0 spiro atoms. The quantitative estimate of drug-likeness (QED) is 0.823. The molecule has 0 aliphatic carbocycles. The summed E-state index contributed by atoms with van der Waals surface area (Å²) in [7, 11) is 0. The summed E-state index contributed by atoms with van der Waals surface area (Å²) in [4.78, 5) is 7.47. The molecule has 88 valence electrons. The molecule has 0 fully saturated rings. The van der Waals surface area contributed by atoms with E-state index in [1.54, 1.807) is 6.20 Å². The van der Waals surface area contributed by atoms with Crippen LogP contribution in [0.5, 0.6) is 0 Å². The lowest BCUT2D eigenvalue weighted by Gasteiger charge is -2.26. The Morgan fingerprint density at radius 3 is 3.18 bits per heavy atom. The number of nitrogens with one attached hydrogen (secondary N) is 1. The van der Waals surface area contributed by atoms with Crippen LogP contribution in [-0.4, -0.2) is 23.1 Å². The van der Waals surface area contributed by atoms with Crippen molar-refractivity contribution in [3.8, 4) is 11.4 Å². The molecule has 17 heavy (non-hydrogen) atoms. The van der Waals surface area contributed by atoms with Crippen LogP contribution in [0.3, 0.4) is 0 Å². The molecule has 0 amide bonds. The zero-order valence-electron chi connectivity index (χ0n) is 9.52. The van der Waals surface area contributed by atoms with E-state index in [0.29, 0.717) is 6.54 Å². The first kappa shape index (κ1) is 10.5. The van der Waals surface area contributed by atoms with Gasteiger partial charge in [0.15, 0.2) is 0 Å². The Bertz CT molecular complexity index is 507. The average Bonchev–Trinajstić information content (AvgIpc) is 2.91. The third kappa shape index (κ3) is 1.75. The van der Waals surface area contributed by atoms with Gasteiger partial charge < -0.3 is 15.5 Å². The van der Waals surface area contributed by atoms with Crippen molar-refractivity contribution in [2.45, 2.75) is 12.5 Å². The lowest BCUT2D eigenvalue weighted by molar-refractivity contribution is 0.0486. The Morgan fingerprint density at radius 2 is 2.41 bits per heavy atom. The van der Waals surface area contributed by atoms with E-state index in [0.717, 1.165) is 24.4 Å². The van der Waals surface area contributed by atoms with Gasteiger partial charge in [-0.3, -0.25) is 0 Å². The maximum Gasteiger partial charge on any atom is 0.137 e. The molecular formula is C13H15N3O. The minimum Gasteiger partial charge on any atom is -0.372 e. The first-order valence-electron chi connectivity index (χ1n) is 5.83. The van der Waals surface area contributed by atoms with Crippen molar-refractivity contribution in [3.63, 3.8) is 0 Å². The summed E-state index contributed by atoms with van der Waals surface area (Å²) in [6, 6.07) is 6.23. The van der Waals surface area contributed by atoms with E-state index in [9.17, 15) is 0 Å². The van der Waals surface area contributed by atoms with Gasteiger partial charge in [-0.1, -0.05) is 18.2 Å². The maximum absolute atomic E-state index is 5.74. The maximum atomic E-state index is 5.74. The van der Waals surface area contributed by atoms with Gasteiger partial charge in [-0.15, -0.1) is 0 Å². The van der Waals surface area contributed by atoms with Crippen LogP contribution in [0.15, 0.2) is 30.6 Å². The Labute approximate surface area is 99.8 Å². The van der Waals surface area contributed by atoms with Crippen LogP contribution < -0.4 is 5.73 Å². The van der Waals surface area contributed by atoms with Crippen molar-refractivity contribution in [1.29, 1.82) is 0 Å². The van der Waals surface area contributed by atoms with Crippen molar-refractivity contribution < 1.29 is 4.74 Å². The summed E-state index contributed by atoms with van der Waals surface area (Å²) < 4.78 is 5.67. The minimum atomic E-state index is 0.0219. The number of aromatic nitrogens is 2. The van der Waals surface area contributed by atoms with Gasteiger partial charge in [0, 0.05) is 24.5 Å². The van der Waals surface area contributed by atoms with E-state index in [1.807, 2.05) is 12.3 Å². The number of imidazole rings is 1. The molecule has 0 unspecified atom stereocenters. The van der Waals surface area contributed by atoms with Crippen LogP contribution in [0.25, 0.3) is 11.4 Å². The standard InChI is InChI=1S/C13H15N3O/c14-8-12-10-2-1-3-11(9(10)4-7-17-12)13-15-5-6-16-13/h1-3,5-6,12H,4,7-8,14H2,(H,15,16)/t12-/m0/s1. The molecule has 2 heterocycles. The van der Waals surface area contributed by atoms with E-state index in [-0.39, 0.29) is 6.10 Å². The van der Waals surface area contributed by atoms with E-state index >= 15 is 0 Å². The number of hydrogen-bond donors (Lipinski definition) is 2. The molecular weight excluding hydrogens is 214 g/mol. The van der Waals surface area contributed by atoms with Crippen LogP contribution in [0.2, 0.25) is 0 Å². The van der Waals surface area contributed by atoms with E-state index < -0.39 is 0 Å². The fourth-order valence-corrected chi connectivity index (χ4v) is 2.41. The second-order valence-corrected chi connectivity index (χ2v) is 4.16. The van der Waals surface area contributed by atoms with Gasteiger partial charge in [-0.05, 0) is 17.5 Å². The largest absolute Gasteiger partial charge is 0.372 e. The number of aromatic amines is 1. The second kappa shape index (κ2) is 4.31. The lowest BCUT2D eigenvalue weighted by atomic mass is 9.92. The first-order valence-corrected chi connectivity index (χ1v) is 5.83. The molecule has 0 saturated carbocycles. The van der Waals surface area contributed by atoms with Gasteiger partial charge in [-0.25, -0.2) is 4.98 Å². The smallest absolute Gasteiger partial charge is 0.137 e. The molecule has 3 N–H and O–H groups in total. The number of nitrogens with zero attached hydrogens (tertiary/aromatic N) is 1. The van der Waals surface area contributed by atoms with Crippen LogP contribution in [0, 0.1) is 0 Å².